The molecule has 0 saturated carbocycles. The van der Waals surface area contributed by atoms with E-state index in [4.69, 9.17) is 5.11 Å². The van der Waals surface area contributed by atoms with Crippen molar-refractivity contribution < 1.29 is 5.11 Å². The standard InChI is InChI=1S/C4H7Br2O/c1-3(7)4(6)2-5/h3-4,7H,1-2H2. The fraction of sp³-hybridized carbons (Fsp3) is 0.750. The molecule has 0 aromatic rings. The van der Waals surface area contributed by atoms with Crippen LogP contribution in [0.25, 0.3) is 0 Å². The highest BCUT2D eigenvalue weighted by molar-refractivity contribution is 9.12. The fourth-order valence-electron chi connectivity index (χ4n) is 0.103. The van der Waals surface area contributed by atoms with E-state index in [-0.39, 0.29) is 4.83 Å². The van der Waals surface area contributed by atoms with E-state index in [0.29, 0.717) is 0 Å². The first kappa shape index (κ1) is 7.92. The lowest BCUT2D eigenvalue weighted by atomic mass is 10.3. The minimum atomic E-state index is -0.514. The molecule has 0 saturated heterocycles. The molecule has 0 bridgehead atoms. The maximum atomic E-state index is 8.63. The number of aliphatic hydroxyl groups is 1. The molecule has 0 heterocycles. The van der Waals surface area contributed by atoms with Crippen molar-refractivity contribution in [3.8, 4) is 0 Å². The van der Waals surface area contributed by atoms with Gasteiger partial charge < -0.3 is 5.11 Å². The quantitative estimate of drug-likeness (QED) is 0.711. The molecule has 43 valence electrons. The molecule has 0 fully saturated rings. The lowest BCUT2D eigenvalue weighted by Crippen LogP contribution is -2.17. The third-order valence-corrected chi connectivity index (χ3v) is 3.07. The Morgan fingerprint density at radius 3 is 2.14 bits per heavy atom. The summed E-state index contributed by atoms with van der Waals surface area (Å²) in [7, 11) is 0. The fourth-order valence-corrected chi connectivity index (χ4v) is 0.534. The summed E-state index contributed by atoms with van der Waals surface area (Å²) in [6.07, 6.45) is -0.514. The SMILES string of the molecule is [CH2]C(O)C(Br)CBr. The molecule has 3 heteroatoms. The summed E-state index contributed by atoms with van der Waals surface area (Å²) in [5.41, 5.74) is 0. The first-order chi connectivity index (χ1) is 3.18. The molecule has 0 amide bonds. The minimum Gasteiger partial charge on any atom is -0.392 e. The second-order valence-corrected chi connectivity index (χ2v) is 3.06. The molecular weight excluding hydrogens is 224 g/mol. The van der Waals surface area contributed by atoms with E-state index in [1.165, 1.54) is 0 Å². The van der Waals surface area contributed by atoms with Gasteiger partial charge in [-0.1, -0.05) is 31.9 Å². The van der Waals surface area contributed by atoms with Gasteiger partial charge in [0.25, 0.3) is 0 Å². The van der Waals surface area contributed by atoms with E-state index < -0.39 is 6.10 Å². The van der Waals surface area contributed by atoms with E-state index in [2.05, 4.69) is 38.8 Å². The summed E-state index contributed by atoms with van der Waals surface area (Å²) < 4.78 is 0. The molecule has 1 nitrogen and oxygen atoms in total. The predicted octanol–water partition coefficient (Wildman–Crippen LogP) is 1.34. The third kappa shape index (κ3) is 3.50. The molecule has 0 aromatic carbocycles. The molecule has 0 spiro atoms. The Morgan fingerprint density at radius 1 is 1.71 bits per heavy atom. The van der Waals surface area contributed by atoms with Gasteiger partial charge in [-0.05, 0) is 6.92 Å². The van der Waals surface area contributed by atoms with Crippen molar-refractivity contribution in [2.75, 3.05) is 5.33 Å². The molecule has 7 heavy (non-hydrogen) atoms. The van der Waals surface area contributed by atoms with E-state index >= 15 is 0 Å². The largest absolute Gasteiger partial charge is 0.392 e. The number of rotatable bonds is 2. The van der Waals surface area contributed by atoms with Gasteiger partial charge in [0.2, 0.25) is 0 Å². The van der Waals surface area contributed by atoms with Crippen LogP contribution >= 0.6 is 31.9 Å². The third-order valence-electron chi connectivity index (χ3n) is 0.565. The smallest absolute Gasteiger partial charge is 0.0674 e. The first-order valence-electron chi connectivity index (χ1n) is 1.89. The van der Waals surface area contributed by atoms with Crippen LogP contribution in [-0.2, 0) is 0 Å². The van der Waals surface area contributed by atoms with Crippen LogP contribution in [0.1, 0.15) is 0 Å². The molecule has 0 aliphatic carbocycles. The summed E-state index contributed by atoms with van der Waals surface area (Å²) in [4.78, 5) is 0.0764. The summed E-state index contributed by atoms with van der Waals surface area (Å²) >= 11 is 6.35. The Kier molecular flexibility index (Phi) is 4.37. The first-order valence-corrected chi connectivity index (χ1v) is 3.93. The maximum Gasteiger partial charge on any atom is 0.0674 e. The van der Waals surface area contributed by atoms with Gasteiger partial charge in [-0.15, -0.1) is 0 Å². The lowest BCUT2D eigenvalue weighted by Gasteiger charge is -2.06. The summed E-state index contributed by atoms with van der Waals surface area (Å²) in [5.74, 6) is 0. The maximum absolute atomic E-state index is 8.63. The van der Waals surface area contributed by atoms with Crippen molar-refractivity contribution >= 4 is 31.9 Å². The Hall–Kier alpha value is 0.920. The molecule has 2 unspecified atom stereocenters. The summed E-state index contributed by atoms with van der Waals surface area (Å²) in [6, 6.07) is 0. The van der Waals surface area contributed by atoms with Crippen LogP contribution in [0.3, 0.4) is 0 Å². The second-order valence-electron chi connectivity index (χ2n) is 1.24. The zero-order valence-electron chi connectivity index (χ0n) is 3.77. The molecular formula is C4H7Br2O. The zero-order chi connectivity index (χ0) is 5.86. The second kappa shape index (κ2) is 3.87. The normalized spacial score (nSPS) is 18.9. The van der Waals surface area contributed by atoms with Gasteiger partial charge in [0, 0.05) is 5.33 Å². The van der Waals surface area contributed by atoms with Crippen molar-refractivity contribution in [1.82, 2.24) is 0 Å². The van der Waals surface area contributed by atoms with Crippen LogP contribution in [0.4, 0.5) is 0 Å². The molecule has 2 atom stereocenters. The molecule has 0 rings (SSSR count). The lowest BCUT2D eigenvalue weighted by molar-refractivity contribution is 0.225. The van der Waals surface area contributed by atoms with Crippen LogP contribution in [0.15, 0.2) is 0 Å². The van der Waals surface area contributed by atoms with E-state index in [1.807, 2.05) is 0 Å². The van der Waals surface area contributed by atoms with Gasteiger partial charge in [-0.25, -0.2) is 0 Å². The monoisotopic (exact) mass is 229 g/mol. The van der Waals surface area contributed by atoms with Crippen LogP contribution in [0.5, 0.6) is 0 Å². The number of hydrogen-bond acceptors (Lipinski definition) is 1. The number of hydrogen-bond donors (Lipinski definition) is 1. The molecule has 1 radical (unpaired) electrons. The van der Waals surface area contributed by atoms with Gasteiger partial charge in [0.1, 0.15) is 0 Å². The Morgan fingerprint density at radius 2 is 2.14 bits per heavy atom. The van der Waals surface area contributed by atoms with Crippen LogP contribution in [-0.4, -0.2) is 21.4 Å². The van der Waals surface area contributed by atoms with Crippen LogP contribution in [0, 0.1) is 6.92 Å². The van der Waals surface area contributed by atoms with Gasteiger partial charge in [0.05, 0.1) is 10.9 Å². The van der Waals surface area contributed by atoms with E-state index in [1.54, 1.807) is 0 Å². The molecule has 0 aliphatic heterocycles. The average Bonchev–Trinajstić information content (AvgIpc) is 1.65. The van der Waals surface area contributed by atoms with Gasteiger partial charge in [-0.2, -0.15) is 0 Å². The van der Waals surface area contributed by atoms with Gasteiger partial charge in [-0.3, -0.25) is 0 Å². The molecule has 0 aromatic heterocycles. The Bertz CT molecular complexity index is 47.0. The topological polar surface area (TPSA) is 20.2 Å². The van der Waals surface area contributed by atoms with E-state index in [9.17, 15) is 0 Å². The van der Waals surface area contributed by atoms with Crippen molar-refractivity contribution in [2.45, 2.75) is 10.9 Å². The Balaban J connectivity index is 3.14. The highest BCUT2D eigenvalue weighted by Gasteiger charge is 2.06. The molecule has 1 N–H and O–H groups in total. The highest BCUT2D eigenvalue weighted by Crippen LogP contribution is 2.06. The summed E-state index contributed by atoms with van der Waals surface area (Å²) in [6.45, 7) is 3.39. The number of alkyl halides is 2. The van der Waals surface area contributed by atoms with Gasteiger partial charge in [0.15, 0.2) is 0 Å². The molecule has 0 aliphatic rings. The number of halogens is 2. The summed E-state index contributed by atoms with van der Waals surface area (Å²) in [5, 5.41) is 9.37. The van der Waals surface area contributed by atoms with Crippen molar-refractivity contribution in [3.63, 3.8) is 0 Å². The van der Waals surface area contributed by atoms with Crippen LogP contribution in [0.2, 0.25) is 0 Å². The highest BCUT2D eigenvalue weighted by atomic mass is 79.9. The van der Waals surface area contributed by atoms with Crippen molar-refractivity contribution in [3.05, 3.63) is 6.92 Å². The van der Waals surface area contributed by atoms with Crippen LogP contribution < -0.4 is 0 Å². The van der Waals surface area contributed by atoms with Gasteiger partial charge >= 0.3 is 0 Å². The number of aliphatic hydroxyl groups excluding tert-OH is 1. The average molecular weight is 231 g/mol. The van der Waals surface area contributed by atoms with E-state index in [0.717, 1.165) is 5.33 Å². The van der Waals surface area contributed by atoms with Crippen molar-refractivity contribution in [1.29, 1.82) is 0 Å². The Labute approximate surface area is 60.4 Å². The predicted molar refractivity (Wildman–Crippen MR) is 37.9 cm³/mol. The minimum absolute atomic E-state index is 0.0764. The van der Waals surface area contributed by atoms with Crippen molar-refractivity contribution in [2.24, 2.45) is 0 Å². The zero-order valence-corrected chi connectivity index (χ0v) is 6.94.